The fourth-order valence-electron chi connectivity index (χ4n) is 3.08. The van der Waals surface area contributed by atoms with Crippen LogP contribution in [0.3, 0.4) is 0 Å². The van der Waals surface area contributed by atoms with E-state index in [1.807, 2.05) is 19.9 Å². The van der Waals surface area contributed by atoms with Crippen molar-refractivity contribution in [1.82, 2.24) is 0 Å². The zero-order valence-electron chi connectivity index (χ0n) is 15.6. The molecular formula is C19H25NO6. The predicted molar refractivity (Wildman–Crippen MR) is 95.2 cm³/mol. The highest BCUT2D eigenvalue weighted by molar-refractivity contribution is 5.98. The third-order valence-corrected chi connectivity index (χ3v) is 4.45. The minimum absolute atomic E-state index is 0.111. The molecule has 0 spiro atoms. The van der Waals surface area contributed by atoms with E-state index in [1.54, 1.807) is 7.11 Å². The van der Waals surface area contributed by atoms with Gasteiger partial charge in [-0.2, -0.15) is 0 Å². The second-order valence-corrected chi connectivity index (χ2v) is 6.04. The van der Waals surface area contributed by atoms with Crippen LogP contribution in [-0.2, 0) is 27.3 Å². The highest BCUT2D eigenvalue weighted by Crippen LogP contribution is 2.42. The van der Waals surface area contributed by atoms with Crippen molar-refractivity contribution in [1.29, 1.82) is 0 Å². The number of allylic oxidation sites excluding steroid dienone is 2. The van der Waals surface area contributed by atoms with Crippen molar-refractivity contribution in [3.8, 4) is 11.5 Å². The molecule has 0 radical (unpaired) electrons. The Labute approximate surface area is 153 Å². The molecule has 0 bridgehead atoms. The Morgan fingerprint density at radius 2 is 1.92 bits per heavy atom. The minimum atomic E-state index is -0.380. The average Bonchev–Trinajstić information content (AvgIpc) is 3.00. The van der Waals surface area contributed by atoms with Gasteiger partial charge in [-0.05, 0) is 32.3 Å². The first-order chi connectivity index (χ1) is 12.4. The van der Waals surface area contributed by atoms with Gasteiger partial charge in [-0.25, -0.2) is 4.79 Å². The van der Waals surface area contributed by atoms with Gasteiger partial charge in [0.05, 0.1) is 14.2 Å². The molecule has 1 aliphatic rings. The third kappa shape index (κ3) is 3.99. The topological polar surface area (TPSA) is 97.1 Å². The fourth-order valence-corrected chi connectivity index (χ4v) is 3.08. The lowest BCUT2D eigenvalue weighted by Crippen LogP contribution is -2.11. The van der Waals surface area contributed by atoms with E-state index in [4.69, 9.17) is 24.7 Å². The summed E-state index contributed by atoms with van der Waals surface area (Å²) in [5, 5.41) is 0. The highest BCUT2D eigenvalue weighted by Gasteiger charge is 2.32. The lowest BCUT2D eigenvalue weighted by Gasteiger charge is -2.18. The third-order valence-electron chi connectivity index (χ3n) is 4.45. The van der Waals surface area contributed by atoms with E-state index in [0.29, 0.717) is 29.9 Å². The van der Waals surface area contributed by atoms with Crippen molar-refractivity contribution < 1.29 is 28.5 Å². The van der Waals surface area contributed by atoms with Crippen LogP contribution in [0.2, 0.25) is 0 Å². The van der Waals surface area contributed by atoms with Crippen molar-refractivity contribution in [3.63, 3.8) is 0 Å². The molecule has 0 fully saturated rings. The van der Waals surface area contributed by atoms with Crippen LogP contribution in [0.25, 0.3) is 0 Å². The molecule has 1 aromatic carbocycles. The molecule has 1 heterocycles. The molecule has 0 saturated heterocycles. The van der Waals surface area contributed by atoms with Crippen molar-refractivity contribution >= 4 is 11.9 Å². The van der Waals surface area contributed by atoms with Gasteiger partial charge in [0, 0.05) is 17.5 Å². The number of methoxy groups -OCH3 is 2. The van der Waals surface area contributed by atoms with Crippen LogP contribution >= 0.6 is 0 Å². The van der Waals surface area contributed by atoms with E-state index in [0.717, 1.165) is 22.3 Å². The van der Waals surface area contributed by atoms with E-state index in [9.17, 15) is 9.59 Å². The summed E-state index contributed by atoms with van der Waals surface area (Å²) in [4.78, 5) is 23.5. The Hall–Kier alpha value is -2.54. The van der Waals surface area contributed by atoms with Gasteiger partial charge in [0.2, 0.25) is 0 Å². The molecule has 0 amide bonds. The summed E-state index contributed by atoms with van der Waals surface area (Å²) in [6, 6.07) is 0. The van der Waals surface area contributed by atoms with Crippen molar-refractivity contribution in [2.45, 2.75) is 39.7 Å². The first kappa shape index (κ1) is 19.8. The molecule has 1 aliphatic heterocycles. The zero-order valence-corrected chi connectivity index (χ0v) is 15.6. The van der Waals surface area contributed by atoms with Gasteiger partial charge < -0.3 is 18.9 Å². The van der Waals surface area contributed by atoms with Gasteiger partial charge >= 0.3 is 11.9 Å². The second kappa shape index (κ2) is 8.71. The lowest BCUT2D eigenvalue weighted by molar-refractivity contribution is -0.143. The van der Waals surface area contributed by atoms with Gasteiger partial charge in [-0.3, -0.25) is 10.5 Å². The molecule has 0 aromatic heterocycles. The van der Waals surface area contributed by atoms with E-state index in [2.05, 4.69) is 0 Å². The number of hydrogen-bond acceptors (Lipinski definition) is 7. The molecular weight excluding hydrogens is 338 g/mol. The number of benzene rings is 1. The Bertz CT molecular complexity index is 738. The van der Waals surface area contributed by atoms with Crippen molar-refractivity contribution in [2.24, 2.45) is 5.73 Å². The first-order valence-corrected chi connectivity index (χ1v) is 8.39. The van der Waals surface area contributed by atoms with Crippen LogP contribution in [-0.4, -0.2) is 32.9 Å². The molecule has 0 atom stereocenters. The summed E-state index contributed by atoms with van der Waals surface area (Å²) in [6.45, 7) is 3.96. The van der Waals surface area contributed by atoms with Crippen LogP contribution in [0, 0.1) is 6.92 Å². The van der Waals surface area contributed by atoms with Crippen LogP contribution < -0.4 is 15.2 Å². The normalized spacial score (nSPS) is 13.3. The maximum absolute atomic E-state index is 12.1. The maximum atomic E-state index is 12.1. The van der Waals surface area contributed by atoms with Crippen LogP contribution in [0.5, 0.6) is 11.5 Å². The van der Waals surface area contributed by atoms with Crippen molar-refractivity contribution in [3.05, 3.63) is 33.9 Å². The summed E-state index contributed by atoms with van der Waals surface area (Å²) in [6.07, 6.45) is 3.33. The molecule has 2 rings (SSSR count). The Morgan fingerprint density at radius 1 is 1.23 bits per heavy atom. The summed E-state index contributed by atoms with van der Waals surface area (Å²) >= 11 is 0. The van der Waals surface area contributed by atoms with Gasteiger partial charge in [0.1, 0.15) is 30.4 Å². The van der Waals surface area contributed by atoms with Crippen LogP contribution in [0.4, 0.5) is 0 Å². The van der Waals surface area contributed by atoms with E-state index in [1.165, 1.54) is 7.11 Å². The number of carbonyl (C=O) groups excluding carboxylic acids is 2. The van der Waals surface area contributed by atoms with Gasteiger partial charge in [-0.1, -0.05) is 11.6 Å². The molecule has 0 saturated carbocycles. The number of rotatable bonds is 8. The number of esters is 2. The second-order valence-electron chi connectivity index (χ2n) is 6.04. The number of carbonyl (C=O) groups is 2. The number of ether oxygens (including phenoxy) is 4. The van der Waals surface area contributed by atoms with Gasteiger partial charge in [0.15, 0.2) is 0 Å². The largest absolute Gasteiger partial charge is 0.496 e. The van der Waals surface area contributed by atoms with Crippen LogP contribution in [0.1, 0.15) is 46.8 Å². The maximum Gasteiger partial charge on any atom is 0.342 e. The summed E-state index contributed by atoms with van der Waals surface area (Å²) in [7, 11) is 3.12. The van der Waals surface area contributed by atoms with E-state index < -0.39 is 0 Å². The Balaban J connectivity index is 2.30. The monoisotopic (exact) mass is 363 g/mol. The number of cyclic esters (lactones) is 1. The molecule has 0 unspecified atom stereocenters. The first-order valence-electron chi connectivity index (χ1n) is 8.39. The highest BCUT2D eigenvalue weighted by atomic mass is 16.5. The molecule has 26 heavy (non-hydrogen) atoms. The Kier molecular flexibility index (Phi) is 6.63. The SMILES string of the molecule is COc1c(C)c2c(c(OC)c1C/C=C(\C)CCC(=O)OCN)C(=O)OC2. The molecule has 0 aliphatic carbocycles. The smallest absolute Gasteiger partial charge is 0.342 e. The molecule has 7 heteroatoms. The average molecular weight is 363 g/mol. The summed E-state index contributed by atoms with van der Waals surface area (Å²) in [5.41, 5.74) is 9.14. The summed E-state index contributed by atoms with van der Waals surface area (Å²) in [5.74, 6) is 0.461. The standard InChI is InChI=1S/C19H25NO6/c1-11(6-8-15(21)26-10-20)5-7-13-17(23-3)12(2)14-9-25-19(22)16(14)18(13)24-4/h5H,6-10,20H2,1-4H3/b11-5+. The molecule has 7 nitrogen and oxygen atoms in total. The molecule has 1 aromatic rings. The Morgan fingerprint density at radius 3 is 2.54 bits per heavy atom. The van der Waals surface area contributed by atoms with Crippen molar-refractivity contribution in [2.75, 3.05) is 21.0 Å². The fraction of sp³-hybridized carbons (Fsp3) is 0.474. The van der Waals surface area contributed by atoms with Crippen LogP contribution in [0.15, 0.2) is 11.6 Å². The predicted octanol–water partition coefficient (Wildman–Crippen LogP) is 2.41. The quantitative estimate of drug-likeness (QED) is 0.430. The zero-order chi connectivity index (χ0) is 19.3. The number of nitrogens with two attached hydrogens (primary N) is 1. The van der Waals surface area contributed by atoms with Gasteiger partial charge in [-0.15, -0.1) is 0 Å². The number of fused-ring (bicyclic) bond motifs is 1. The minimum Gasteiger partial charge on any atom is -0.496 e. The molecule has 2 N–H and O–H groups in total. The summed E-state index contributed by atoms with van der Waals surface area (Å²) < 4.78 is 21.0. The number of hydrogen-bond donors (Lipinski definition) is 1. The van der Waals surface area contributed by atoms with E-state index >= 15 is 0 Å². The lowest BCUT2D eigenvalue weighted by atomic mass is 9.94. The van der Waals surface area contributed by atoms with E-state index in [-0.39, 0.29) is 31.7 Å². The molecule has 142 valence electrons. The van der Waals surface area contributed by atoms with Gasteiger partial charge in [0.25, 0.3) is 0 Å².